The first-order chi connectivity index (χ1) is 31.0. The standard InChI is InChI=1S/C55H101N2O6P/c1-6-8-10-12-14-16-17-18-19-20-21-22-23-24-25-26-27-28-29-30-31-32-33-34-35-36-37-38-39-41-43-45-47-49-55(59)56-53(52-63-64(60,61)62-51-50-57(3,4)5)54(58)48-46-44-42-40-15-13-11-9-7-2/h8,10,14-16,18-19,21-22,40,46,48,53-54,58H,6-7,9,11-13,17,20,23-39,41-45,47,49-52H2,1-5H3,(H-,56,59,60,61)/p+1/b10-8-,16-14-,19-18-,22-21-,40-15+,48-46+. The molecule has 0 radical (unpaired) electrons. The number of phosphoric acid groups is 1. The minimum atomic E-state index is -4.34. The zero-order chi connectivity index (χ0) is 47.1. The van der Waals surface area contributed by atoms with Crippen LogP contribution in [0.5, 0.6) is 0 Å². The predicted octanol–water partition coefficient (Wildman–Crippen LogP) is 15.5. The number of nitrogens with one attached hydrogen (secondary N) is 1. The van der Waals surface area contributed by atoms with Gasteiger partial charge in [-0.1, -0.05) is 215 Å². The molecule has 0 saturated heterocycles. The quantitative estimate of drug-likeness (QED) is 0.0243. The van der Waals surface area contributed by atoms with Gasteiger partial charge in [0.1, 0.15) is 13.2 Å². The number of likely N-dealkylation sites (N-methyl/N-ethyl adjacent to an activating group) is 1. The first-order valence-electron chi connectivity index (χ1n) is 26.3. The summed E-state index contributed by atoms with van der Waals surface area (Å²) in [5.74, 6) is -0.190. The Bertz CT molecular complexity index is 1270. The zero-order valence-electron chi connectivity index (χ0n) is 42.3. The van der Waals surface area contributed by atoms with Gasteiger partial charge in [-0.05, 0) is 70.6 Å². The van der Waals surface area contributed by atoms with Crippen LogP contribution >= 0.6 is 7.82 Å². The Morgan fingerprint density at radius 2 is 0.953 bits per heavy atom. The summed E-state index contributed by atoms with van der Waals surface area (Å²) < 4.78 is 23.5. The Kier molecular flexibility index (Phi) is 44.6. The number of hydrogen-bond donors (Lipinski definition) is 3. The number of aliphatic hydroxyl groups is 1. The second-order valence-electron chi connectivity index (χ2n) is 18.9. The van der Waals surface area contributed by atoms with Crippen LogP contribution < -0.4 is 5.32 Å². The van der Waals surface area contributed by atoms with Crippen molar-refractivity contribution >= 4 is 13.7 Å². The molecule has 0 aromatic heterocycles. The van der Waals surface area contributed by atoms with Gasteiger partial charge in [0.2, 0.25) is 5.91 Å². The van der Waals surface area contributed by atoms with Crippen molar-refractivity contribution in [3.8, 4) is 0 Å². The molecule has 3 unspecified atom stereocenters. The lowest BCUT2D eigenvalue weighted by molar-refractivity contribution is -0.870. The largest absolute Gasteiger partial charge is 0.472 e. The van der Waals surface area contributed by atoms with Gasteiger partial charge in [-0.25, -0.2) is 4.57 Å². The van der Waals surface area contributed by atoms with Crippen LogP contribution in [-0.2, 0) is 18.4 Å². The highest BCUT2D eigenvalue weighted by Gasteiger charge is 2.27. The number of carbonyl (C=O) groups excluding carboxylic acids is 1. The summed E-state index contributed by atoms with van der Waals surface area (Å²) in [6, 6.07) is -0.862. The number of phosphoric ester groups is 1. The van der Waals surface area contributed by atoms with Crippen LogP contribution in [0.1, 0.15) is 219 Å². The summed E-state index contributed by atoms with van der Waals surface area (Å²) in [6.07, 6.45) is 63.1. The third kappa shape index (κ3) is 47.9. The molecular weight excluding hydrogens is 816 g/mol. The Balaban J connectivity index is 3.96. The third-order valence-corrected chi connectivity index (χ3v) is 12.4. The molecule has 0 heterocycles. The number of rotatable bonds is 47. The van der Waals surface area contributed by atoms with Crippen molar-refractivity contribution < 1.29 is 32.9 Å². The van der Waals surface area contributed by atoms with E-state index in [1.165, 1.54) is 135 Å². The molecule has 64 heavy (non-hydrogen) atoms. The SMILES string of the molecule is CC/C=C\C/C=C\C/C=C\C/C=C\CCCCCCCCCCCCCCCCCCCCCCC(=O)NC(COP(=O)(O)OCC[N+](C)(C)C)C(O)/C=C/CC/C=C/CCCCC. The van der Waals surface area contributed by atoms with Gasteiger partial charge in [-0.15, -0.1) is 0 Å². The van der Waals surface area contributed by atoms with Crippen LogP contribution in [0, 0.1) is 0 Å². The number of carbonyl (C=O) groups is 1. The maximum atomic E-state index is 12.9. The fourth-order valence-corrected chi connectivity index (χ4v) is 8.02. The van der Waals surface area contributed by atoms with Gasteiger partial charge in [0.15, 0.2) is 0 Å². The van der Waals surface area contributed by atoms with E-state index in [4.69, 9.17) is 9.05 Å². The Morgan fingerprint density at radius 1 is 0.547 bits per heavy atom. The highest BCUT2D eigenvalue weighted by molar-refractivity contribution is 7.47. The average molecular weight is 918 g/mol. The second-order valence-corrected chi connectivity index (χ2v) is 20.3. The molecule has 3 N–H and O–H groups in total. The summed E-state index contributed by atoms with van der Waals surface area (Å²) >= 11 is 0. The van der Waals surface area contributed by atoms with Crippen molar-refractivity contribution in [2.24, 2.45) is 0 Å². The molecule has 0 bridgehead atoms. The van der Waals surface area contributed by atoms with E-state index in [1.807, 2.05) is 27.2 Å². The van der Waals surface area contributed by atoms with Crippen molar-refractivity contribution in [2.45, 2.75) is 231 Å². The number of nitrogens with zero attached hydrogens (tertiary/aromatic N) is 1. The van der Waals surface area contributed by atoms with Crippen LogP contribution in [0.3, 0.4) is 0 Å². The van der Waals surface area contributed by atoms with E-state index in [0.717, 1.165) is 64.2 Å². The monoisotopic (exact) mass is 918 g/mol. The summed E-state index contributed by atoms with van der Waals surface area (Å²) in [5.41, 5.74) is 0. The summed E-state index contributed by atoms with van der Waals surface area (Å²) in [6.45, 7) is 4.62. The predicted molar refractivity (Wildman–Crippen MR) is 276 cm³/mol. The van der Waals surface area contributed by atoms with Crippen LogP contribution in [0.25, 0.3) is 0 Å². The van der Waals surface area contributed by atoms with Crippen molar-refractivity contribution in [1.29, 1.82) is 0 Å². The molecule has 0 saturated carbocycles. The Hall–Kier alpha value is -2.06. The number of allylic oxidation sites excluding steroid dienone is 11. The van der Waals surface area contributed by atoms with Crippen molar-refractivity contribution in [3.05, 3.63) is 72.9 Å². The van der Waals surface area contributed by atoms with E-state index in [0.29, 0.717) is 17.4 Å². The molecule has 0 aliphatic carbocycles. The highest BCUT2D eigenvalue weighted by atomic mass is 31.2. The first-order valence-corrected chi connectivity index (χ1v) is 27.8. The molecular formula is C55H102N2O6P+. The lowest BCUT2D eigenvalue weighted by Crippen LogP contribution is -2.45. The highest BCUT2D eigenvalue weighted by Crippen LogP contribution is 2.43. The average Bonchev–Trinajstić information content (AvgIpc) is 3.25. The fourth-order valence-electron chi connectivity index (χ4n) is 7.28. The van der Waals surface area contributed by atoms with Gasteiger partial charge in [0, 0.05) is 6.42 Å². The normalized spacial score (nSPS) is 14.7. The van der Waals surface area contributed by atoms with E-state index in [1.54, 1.807) is 6.08 Å². The van der Waals surface area contributed by atoms with Crippen molar-refractivity contribution in [3.63, 3.8) is 0 Å². The van der Waals surface area contributed by atoms with Crippen LogP contribution in [0.4, 0.5) is 0 Å². The Labute approximate surface area is 395 Å². The summed E-state index contributed by atoms with van der Waals surface area (Å²) in [5, 5.41) is 13.8. The molecule has 9 heteroatoms. The topological polar surface area (TPSA) is 105 Å². The van der Waals surface area contributed by atoms with Crippen LogP contribution in [0.15, 0.2) is 72.9 Å². The molecule has 0 aromatic rings. The van der Waals surface area contributed by atoms with Gasteiger partial charge in [0.05, 0.1) is 39.9 Å². The minimum absolute atomic E-state index is 0.0548. The molecule has 0 fully saturated rings. The first kappa shape index (κ1) is 61.9. The lowest BCUT2D eigenvalue weighted by Gasteiger charge is -2.25. The smallest absolute Gasteiger partial charge is 0.387 e. The van der Waals surface area contributed by atoms with Gasteiger partial charge in [0.25, 0.3) is 0 Å². The van der Waals surface area contributed by atoms with Gasteiger partial charge < -0.3 is 19.8 Å². The van der Waals surface area contributed by atoms with Gasteiger partial charge in [-0.2, -0.15) is 0 Å². The zero-order valence-corrected chi connectivity index (χ0v) is 43.1. The molecule has 0 spiro atoms. The maximum Gasteiger partial charge on any atom is 0.472 e. The number of quaternary nitrogens is 1. The van der Waals surface area contributed by atoms with Crippen LogP contribution in [-0.4, -0.2) is 73.4 Å². The lowest BCUT2D eigenvalue weighted by atomic mass is 10.0. The molecule has 372 valence electrons. The molecule has 3 atom stereocenters. The molecule has 0 rings (SSSR count). The number of unbranched alkanes of at least 4 members (excludes halogenated alkanes) is 24. The summed E-state index contributed by atoms with van der Waals surface area (Å²) in [4.78, 5) is 23.1. The number of hydrogen-bond acceptors (Lipinski definition) is 5. The molecule has 0 aliphatic rings. The molecule has 0 aliphatic heterocycles. The van der Waals surface area contributed by atoms with E-state index >= 15 is 0 Å². The van der Waals surface area contributed by atoms with E-state index < -0.39 is 20.0 Å². The van der Waals surface area contributed by atoms with Gasteiger partial charge in [-0.3, -0.25) is 13.8 Å². The molecule has 0 aromatic carbocycles. The van der Waals surface area contributed by atoms with Crippen molar-refractivity contribution in [1.82, 2.24) is 5.32 Å². The van der Waals surface area contributed by atoms with E-state index in [2.05, 4.69) is 79.9 Å². The number of amides is 1. The van der Waals surface area contributed by atoms with Gasteiger partial charge >= 0.3 is 7.82 Å². The number of aliphatic hydroxyl groups excluding tert-OH is 1. The van der Waals surface area contributed by atoms with Crippen LogP contribution in [0.2, 0.25) is 0 Å². The minimum Gasteiger partial charge on any atom is -0.387 e. The fraction of sp³-hybridized carbons (Fsp3) is 0.764. The second kappa shape index (κ2) is 46.1. The van der Waals surface area contributed by atoms with Crippen molar-refractivity contribution in [2.75, 3.05) is 40.9 Å². The Morgan fingerprint density at radius 3 is 1.44 bits per heavy atom. The van der Waals surface area contributed by atoms with E-state index in [9.17, 15) is 19.4 Å². The molecule has 8 nitrogen and oxygen atoms in total. The molecule has 1 amide bonds. The third-order valence-electron chi connectivity index (χ3n) is 11.4. The summed E-state index contributed by atoms with van der Waals surface area (Å²) in [7, 11) is 1.55. The van der Waals surface area contributed by atoms with E-state index in [-0.39, 0.29) is 19.1 Å². The maximum absolute atomic E-state index is 12.9.